The molecule has 0 aliphatic carbocycles. The number of Topliss-reactive ketones (excluding diaryl/α,β-unsaturated/α-hetero) is 2. The Bertz CT molecular complexity index is 670. The van der Waals surface area contributed by atoms with Crippen LogP contribution in [0.5, 0.6) is 0 Å². The van der Waals surface area contributed by atoms with Gasteiger partial charge in [0, 0.05) is 56.4 Å². The number of benzene rings is 1. The standard InChI is InChI=1S/C19H20N2O2/c22-18-8-11-21(13-15-4-2-1-3-5-15)14-17(18)12-19(23)16-6-9-20-10-7-16/h1-7,9-10,17H,8,11-14H2. The van der Waals surface area contributed by atoms with Crippen LogP contribution < -0.4 is 0 Å². The van der Waals surface area contributed by atoms with Gasteiger partial charge in [-0.15, -0.1) is 0 Å². The van der Waals surface area contributed by atoms with Crippen LogP contribution in [0, 0.1) is 5.92 Å². The molecular weight excluding hydrogens is 288 g/mol. The van der Waals surface area contributed by atoms with Crippen molar-refractivity contribution in [1.29, 1.82) is 0 Å². The van der Waals surface area contributed by atoms with Crippen LogP contribution in [-0.2, 0) is 11.3 Å². The normalized spacial score (nSPS) is 18.8. The summed E-state index contributed by atoms with van der Waals surface area (Å²) in [7, 11) is 0. The minimum atomic E-state index is -0.201. The van der Waals surface area contributed by atoms with Gasteiger partial charge in [-0.05, 0) is 17.7 Å². The highest BCUT2D eigenvalue weighted by molar-refractivity contribution is 5.99. The molecule has 1 aromatic carbocycles. The molecule has 1 unspecified atom stereocenters. The number of hydrogen-bond donors (Lipinski definition) is 0. The lowest BCUT2D eigenvalue weighted by molar-refractivity contribution is -0.126. The van der Waals surface area contributed by atoms with Gasteiger partial charge in [-0.3, -0.25) is 19.5 Å². The first-order valence-electron chi connectivity index (χ1n) is 7.94. The molecule has 1 saturated heterocycles. The molecule has 3 rings (SSSR count). The second-order valence-electron chi connectivity index (χ2n) is 6.00. The molecular formula is C19H20N2O2. The van der Waals surface area contributed by atoms with Crippen molar-refractivity contribution in [1.82, 2.24) is 9.88 Å². The number of carbonyl (C=O) groups excluding carboxylic acids is 2. The maximum absolute atomic E-state index is 12.3. The lowest BCUT2D eigenvalue weighted by Crippen LogP contribution is -2.41. The number of piperidine rings is 1. The number of rotatable bonds is 5. The van der Waals surface area contributed by atoms with Gasteiger partial charge in [0.15, 0.2) is 5.78 Å². The Balaban J connectivity index is 1.62. The van der Waals surface area contributed by atoms with Crippen molar-refractivity contribution in [3.05, 3.63) is 66.0 Å². The van der Waals surface area contributed by atoms with Crippen molar-refractivity contribution in [2.24, 2.45) is 5.92 Å². The molecule has 1 aromatic heterocycles. The maximum atomic E-state index is 12.3. The zero-order valence-corrected chi connectivity index (χ0v) is 13.0. The quantitative estimate of drug-likeness (QED) is 0.797. The van der Waals surface area contributed by atoms with E-state index in [2.05, 4.69) is 22.0 Å². The molecule has 4 nitrogen and oxygen atoms in total. The van der Waals surface area contributed by atoms with E-state index in [0.717, 1.165) is 13.1 Å². The summed E-state index contributed by atoms with van der Waals surface area (Å²) in [5, 5.41) is 0. The Labute approximate surface area is 136 Å². The number of hydrogen-bond acceptors (Lipinski definition) is 4. The molecule has 0 radical (unpaired) electrons. The van der Waals surface area contributed by atoms with Gasteiger partial charge >= 0.3 is 0 Å². The van der Waals surface area contributed by atoms with E-state index in [1.54, 1.807) is 24.5 Å². The third-order valence-electron chi connectivity index (χ3n) is 4.29. The summed E-state index contributed by atoms with van der Waals surface area (Å²) in [5.74, 6) is 0.0251. The molecule has 2 heterocycles. The van der Waals surface area contributed by atoms with E-state index in [0.29, 0.717) is 18.5 Å². The molecule has 0 spiro atoms. The second-order valence-corrected chi connectivity index (χ2v) is 6.00. The largest absolute Gasteiger partial charge is 0.299 e. The minimum Gasteiger partial charge on any atom is -0.299 e. The fourth-order valence-corrected chi connectivity index (χ4v) is 3.02. The van der Waals surface area contributed by atoms with E-state index >= 15 is 0 Å². The zero-order chi connectivity index (χ0) is 16.1. The van der Waals surface area contributed by atoms with Gasteiger partial charge in [0.25, 0.3) is 0 Å². The summed E-state index contributed by atoms with van der Waals surface area (Å²) in [5.41, 5.74) is 1.87. The highest BCUT2D eigenvalue weighted by atomic mass is 16.1. The highest BCUT2D eigenvalue weighted by Crippen LogP contribution is 2.20. The molecule has 1 fully saturated rings. The Morgan fingerprint density at radius 2 is 1.87 bits per heavy atom. The van der Waals surface area contributed by atoms with Crippen LogP contribution in [0.25, 0.3) is 0 Å². The molecule has 0 bridgehead atoms. The van der Waals surface area contributed by atoms with Crippen LogP contribution in [0.3, 0.4) is 0 Å². The van der Waals surface area contributed by atoms with Crippen molar-refractivity contribution in [2.75, 3.05) is 13.1 Å². The Morgan fingerprint density at radius 3 is 2.61 bits per heavy atom. The minimum absolute atomic E-state index is 0.0207. The third-order valence-corrected chi connectivity index (χ3v) is 4.29. The monoisotopic (exact) mass is 308 g/mol. The summed E-state index contributed by atoms with van der Waals surface area (Å²) < 4.78 is 0. The molecule has 118 valence electrons. The van der Waals surface area contributed by atoms with E-state index < -0.39 is 0 Å². The summed E-state index contributed by atoms with van der Waals surface area (Å²) in [6.07, 6.45) is 4.03. The van der Waals surface area contributed by atoms with Gasteiger partial charge in [0.1, 0.15) is 5.78 Å². The first-order chi connectivity index (χ1) is 11.2. The molecule has 2 aromatic rings. The van der Waals surface area contributed by atoms with Gasteiger partial charge in [0.05, 0.1) is 0 Å². The molecule has 0 amide bonds. The topological polar surface area (TPSA) is 50.3 Å². The Kier molecular flexibility index (Phi) is 4.93. The predicted molar refractivity (Wildman–Crippen MR) is 88.0 cm³/mol. The lowest BCUT2D eigenvalue weighted by atomic mass is 9.89. The summed E-state index contributed by atoms with van der Waals surface area (Å²) in [4.78, 5) is 30.7. The highest BCUT2D eigenvalue weighted by Gasteiger charge is 2.29. The first kappa shape index (κ1) is 15.6. The average Bonchev–Trinajstić information content (AvgIpc) is 2.59. The zero-order valence-electron chi connectivity index (χ0n) is 13.0. The maximum Gasteiger partial charge on any atom is 0.163 e. The van der Waals surface area contributed by atoms with E-state index in [1.807, 2.05) is 18.2 Å². The number of carbonyl (C=O) groups is 2. The van der Waals surface area contributed by atoms with Crippen molar-refractivity contribution in [2.45, 2.75) is 19.4 Å². The van der Waals surface area contributed by atoms with Crippen LogP contribution >= 0.6 is 0 Å². The second kappa shape index (κ2) is 7.29. The van der Waals surface area contributed by atoms with Gasteiger partial charge in [-0.1, -0.05) is 30.3 Å². The fraction of sp³-hybridized carbons (Fsp3) is 0.316. The third kappa shape index (κ3) is 4.11. The van der Waals surface area contributed by atoms with Crippen LogP contribution in [0.4, 0.5) is 0 Å². The van der Waals surface area contributed by atoms with E-state index in [9.17, 15) is 9.59 Å². The molecule has 0 saturated carbocycles. The average molecular weight is 308 g/mol. The van der Waals surface area contributed by atoms with Crippen LogP contribution in [0.2, 0.25) is 0 Å². The SMILES string of the molecule is O=C(CC1CN(Cc2ccccc2)CCC1=O)c1ccncc1. The molecule has 4 heteroatoms. The number of nitrogens with zero attached hydrogens (tertiary/aromatic N) is 2. The van der Waals surface area contributed by atoms with Crippen LogP contribution in [-0.4, -0.2) is 34.5 Å². The van der Waals surface area contributed by atoms with Crippen molar-refractivity contribution < 1.29 is 9.59 Å². The van der Waals surface area contributed by atoms with E-state index in [1.165, 1.54) is 5.56 Å². The Morgan fingerprint density at radius 1 is 1.13 bits per heavy atom. The summed E-state index contributed by atoms with van der Waals surface area (Å²) >= 11 is 0. The number of ketones is 2. The molecule has 1 aliphatic rings. The number of likely N-dealkylation sites (tertiary alicyclic amines) is 1. The summed E-state index contributed by atoms with van der Waals surface area (Å²) in [6.45, 7) is 2.26. The lowest BCUT2D eigenvalue weighted by Gasteiger charge is -2.31. The van der Waals surface area contributed by atoms with Gasteiger partial charge in [-0.2, -0.15) is 0 Å². The van der Waals surface area contributed by atoms with Gasteiger partial charge in [-0.25, -0.2) is 0 Å². The molecule has 1 aliphatic heterocycles. The van der Waals surface area contributed by atoms with E-state index in [-0.39, 0.29) is 23.9 Å². The van der Waals surface area contributed by atoms with Crippen molar-refractivity contribution in [3.8, 4) is 0 Å². The summed E-state index contributed by atoms with van der Waals surface area (Å²) in [6, 6.07) is 13.6. The van der Waals surface area contributed by atoms with Crippen LogP contribution in [0.15, 0.2) is 54.9 Å². The number of aromatic nitrogens is 1. The fourth-order valence-electron chi connectivity index (χ4n) is 3.02. The van der Waals surface area contributed by atoms with Crippen LogP contribution in [0.1, 0.15) is 28.8 Å². The molecule has 1 atom stereocenters. The van der Waals surface area contributed by atoms with Crippen molar-refractivity contribution in [3.63, 3.8) is 0 Å². The Hall–Kier alpha value is -2.33. The number of pyridine rings is 1. The molecule has 0 N–H and O–H groups in total. The molecule has 23 heavy (non-hydrogen) atoms. The smallest absolute Gasteiger partial charge is 0.163 e. The first-order valence-corrected chi connectivity index (χ1v) is 7.94. The predicted octanol–water partition coefficient (Wildman–Crippen LogP) is 2.75. The van der Waals surface area contributed by atoms with Crippen molar-refractivity contribution >= 4 is 11.6 Å². The van der Waals surface area contributed by atoms with Gasteiger partial charge in [0.2, 0.25) is 0 Å². The van der Waals surface area contributed by atoms with E-state index in [4.69, 9.17) is 0 Å². The van der Waals surface area contributed by atoms with Gasteiger partial charge < -0.3 is 0 Å².